The topological polar surface area (TPSA) is 4.93 Å². The highest BCUT2D eigenvalue weighted by atomic mass is 32.2. The lowest BCUT2D eigenvalue weighted by Crippen LogP contribution is -1.91. The van der Waals surface area contributed by atoms with Gasteiger partial charge in [-0.25, -0.2) is 4.39 Å². The van der Waals surface area contributed by atoms with Crippen LogP contribution in [0.1, 0.15) is 26.3 Å². The number of rotatable bonds is 4. The summed E-state index contributed by atoms with van der Waals surface area (Å²) in [7, 11) is 0. The monoisotopic (exact) mass is 251 g/mol. The van der Waals surface area contributed by atoms with Gasteiger partial charge in [0, 0.05) is 23.9 Å². The molecule has 0 aliphatic carbocycles. The number of hydrogen-bond acceptors (Lipinski definition) is 1. The van der Waals surface area contributed by atoms with Crippen LogP contribution in [0.25, 0.3) is 10.9 Å². The Morgan fingerprint density at radius 1 is 1.35 bits per heavy atom. The third kappa shape index (κ3) is 2.65. The first-order chi connectivity index (χ1) is 8.11. The lowest BCUT2D eigenvalue weighted by molar-refractivity contribution is 0.628. The Morgan fingerprint density at radius 2 is 2.12 bits per heavy atom. The van der Waals surface area contributed by atoms with E-state index in [4.69, 9.17) is 0 Å². The first kappa shape index (κ1) is 12.5. The molecule has 2 rings (SSSR count). The van der Waals surface area contributed by atoms with Gasteiger partial charge in [-0.2, -0.15) is 11.8 Å². The maximum absolute atomic E-state index is 13.3. The Hall–Kier alpha value is -0.960. The maximum atomic E-state index is 13.3. The summed E-state index contributed by atoms with van der Waals surface area (Å²) in [5.74, 6) is 0.834. The van der Waals surface area contributed by atoms with Gasteiger partial charge in [0.05, 0.1) is 5.52 Å². The van der Waals surface area contributed by atoms with E-state index in [0.29, 0.717) is 5.25 Å². The van der Waals surface area contributed by atoms with Gasteiger partial charge >= 0.3 is 0 Å². The van der Waals surface area contributed by atoms with Gasteiger partial charge in [0.15, 0.2) is 0 Å². The average Bonchev–Trinajstić information content (AvgIpc) is 2.63. The number of aromatic nitrogens is 1. The van der Waals surface area contributed by atoms with E-state index in [0.717, 1.165) is 17.8 Å². The van der Waals surface area contributed by atoms with Crippen molar-refractivity contribution in [1.29, 1.82) is 0 Å². The van der Waals surface area contributed by atoms with E-state index in [-0.39, 0.29) is 5.82 Å². The van der Waals surface area contributed by atoms with Gasteiger partial charge in [0.2, 0.25) is 0 Å². The molecule has 3 heteroatoms. The average molecular weight is 251 g/mol. The highest BCUT2D eigenvalue weighted by molar-refractivity contribution is 7.99. The van der Waals surface area contributed by atoms with Crippen molar-refractivity contribution in [3.8, 4) is 0 Å². The molecule has 1 aromatic heterocycles. The molecule has 1 aromatic carbocycles. The van der Waals surface area contributed by atoms with Gasteiger partial charge < -0.3 is 4.57 Å². The van der Waals surface area contributed by atoms with E-state index in [1.807, 2.05) is 17.8 Å². The Kier molecular flexibility index (Phi) is 3.77. The normalized spacial score (nSPS) is 11.6. The molecular formula is C14H18FNS. The summed E-state index contributed by atoms with van der Waals surface area (Å²) >= 11 is 1.92. The first-order valence-corrected chi connectivity index (χ1v) is 7.05. The zero-order valence-electron chi connectivity index (χ0n) is 10.5. The van der Waals surface area contributed by atoms with Crippen molar-refractivity contribution in [1.82, 2.24) is 4.57 Å². The van der Waals surface area contributed by atoms with Crippen LogP contribution < -0.4 is 0 Å². The second kappa shape index (κ2) is 5.13. The van der Waals surface area contributed by atoms with Crippen LogP contribution in [0.2, 0.25) is 0 Å². The van der Waals surface area contributed by atoms with Gasteiger partial charge in [0.1, 0.15) is 5.82 Å². The minimum absolute atomic E-state index is 0.159. The molecule has 0 fully saturated rings. The number of benzene rings is 1. The number of hydrogen-bond donors (Lipinski definition) is 0. The van der Waals surface area contributed by atoms with Crippen LogP contribution in [-0.4, -0.2) is 9.82 Å². The molecule has 0 spiro atoms. The molecular weight excluding hydrogens is 233 g/mol. The van der Waals surface area contributed by atoms with Crippen LogP contribution in [0.15, 0.2) is 24.4 Å². The van der Waals surface area contributed by atoms with Crippen molar-refractivity contribution in [2.45, 2.75) is 38.3 Å². The standard InChI is InChI=1S/C14H18FNS/c1-4-16-8-11(9-17-10(2)3)13-6-5-12(15)7-14(13)16/h5-8,10H,4,9H2,1-3H3. The third-order valence-electron chi connectivity index (χ3n) is 2.84. The van der Waals surface area contributed by atoms with Crippen LogP contribution >= 0.6 is 11.8 Å². The van der Waals surface area contributed by atoms with Gasteiger partial charge in [0.25, 0.3) is 0 Å². The van der Waals surface area contributed by atoms with Gasteiger partial charge in [-0.05, 0) is 35.9 Å². The molecule has 0 aliphatic rings. The smallest absolute Gasteiger partial charge is 0.125 e. The number of fused-ring (bicyclic) bond motifs is 1. The Labute approximate surface area is 106 Å². The van der Waals surface area contributed by atoms with E-state index < -0.39 is 0 Å². The predicted molar refractivity (Wildman–Crippen MR) is 74.0 cm³/mol. The van der Waals surface area contributed by atoms with Crippen LogP contribution in [0.4, 0.5) is 4.39 Å². The van der Waals surface area contributed by atoms with Crippen LogP contribution in [0.3, 0.4) is 0 Å². The van der Waals surface area contributed by atoms with E-state index in [9.17, 15) is 4.39 Å². The summed E-state index contributed by atoms with van der Waals surface area (Å²) in [6.07, 6.45) is 2.15. The molecule has 0 atom stereocenters. The van der Waals surface area contributed by atoms with Gasteiger partial charge in [-0.1, -0.05) is 13.8 Å². The van der Waals surface area contributed by atoms with Crippen molar-refractivity contribution >= 4 is 22.7 Å². The third-order valence-corrected chi connectivity index (χ3v) is 3.98. The quantitative estimate of drug-likeness (QED) is 0.777. The van der Waals surface area contributed by atoms with E-state index in [1.165, 1.54) is 10.9 Å². The van der Waals surface area contributed by atoms with Crippen molar-refractivity contribution in [3.63, 3.8) is 0 Å². The second-order valence-corrected chi connectivity index (χ2v) is 6.03. The molecule has 0 amide bonds. The van der Waals surface area contributed by atoms with E-state index in [1.54, 1.807) is 12.1 Å². The summed E-state index contributed by atoms with van der Waals surface area (Å²) in [6.45, 7) is 7.36. The summed E-state index contributed by atoms with van der Waals surface area (Å²) in [6, 6.07) is 5.07. The summed E-state index contributed by atoms with van der Waals surface area (Å²) in [4.78, 5) is 0. The lowest BCUT2D eigenvalue weighted by atomic mass is 10.2. The van der Waals surface area contributed by atoms with Crippen molar-refractivity contribution in [2.24, 2.45) is 0 Å². The fourth-order valence-electron chi connectivity index (χ4n) is 1.97. The molecule has 17 heavy (non-hydrogen) atoms. The molecule has 1 heterocycles. The molecule has 1 nitrogen and oxygen atoms in total. The van der Waals surface area contributed by atoms with Crippen molar-refractivity contribution in [2.75, 3.05) is 0 Å². The largest absolute Gasteiger partial charge is 0.347 e. The number of halogens is 1. The van der Waals surface area contributed by atoms with Crippen LogP contribution in [0, 0.1) is 5.82 Å². The van der Waals surface area contributed by atoms with E-state index >= 15 is 0 Å². The second-order valence-electron chi connectivity index (χ2n) is 4.46. The van der Waals surface area contributed by atoms with Crippen LogP contribution in [0.5, 0.6) is 0 Å². The van der Waals surface area contributed by atoms with E-state index in [2.05, 4.69) is 31.5 Å². The number of aryl methyl sites for hydroxylation is 1. The molecule has 0 saturated heterocycles. The highest BCUT2D eigenvalue weighted by Gasteiger charge is 2.09. The zero-order valence-corrected chi connectivity index (χ0v) is 11.4. The SMILES string of the molecule is CCn1cc(CSC(C)C)c2ccc(F)cc21. The van der Waals surface area contributed by atoms with Crippen LogP contribution in [-0.2, 0) is 12.3 Å². The molecule has 2 aromatic rings. The molecule has 0 bridgehead atoms. The van der Waals surface area contributed by atoms with Gasteiger partial charge in [-0.3, -0.25) is 0 Å². The Morgan fingerprint density at radius 3 is 2.76 bits per heavy atom. The minimum Gasteiger partial charge on any atom is -0.347 e. The number of thioether (sulfide) groups is 1. The number of nitrogens with zero attached hydrogens (tertiary/aromatic N) is 1. The Balaban J connectivity index is 2.42. The zero-order chi connectivity index (χ0) is 12.4. The first-order valence-electron chi connectivity index (χ1n) is 6.00. The summed E-state index contributed by atoms with van der Waals surface area (Å²) in [5, 5.41) is 1.80. The molecule has 0 unspecified atom stereocenters. The van der Waals surface area contributed by atoms with Gasteiger partial charge in [-0.15, -0.1) is 0 Å². The molecule has 0 N–H and O–H groups in total. The fourth-order valence-corrected chi connectivity index (χ4v) is 2.72. The molecule has 0 saturated carbocycles. The lowest BCUT2D eigenvalue weighted by Gasteiger charge is -2.03. The highest BCUT2D eigenvalue weighted by Crippen LogP contribution is 2.27. The molecule has 0 aliphatic heterocycles. The minimum atomic E-state index is -0.159. The predicted octanol–water partition coefficient (Wildman–Crippen LogP) is 4.44. The summed E-state index contributed by atoms with van der Waals surface area (Å²) in [5.41, 5.74) is 2.31. The molecule has 0 radical (unpaired) electrons. The van der Waals surface area contributed by atoms with Crippen molar-refractivity contribution < 1.29 is 4.39 Å². The Bertz CT molecular complexity index is 516. The molecule has 92 valence electrons. The van der Waals surface area contributed by atoms with Crippen molar-refractivity contribution in [3.05, 3.63) is 35.8 Å². The maximum Gasteiger partial charge on any atom is 0.125 e. The fraction of sp³-hybridized carbons (Fsp3) is 0.429. The summed E-state index contributed by atoms with van der Waals surface area (Å²) < 4.78 is 15.4.